The van der Waals surface area contributed by atoms with Crippen LogP contribution >= 0.6 is 11.8 Å². The molecule has 5 rings (SSSR count). The van der Waals surface area contributed by atoms with Crippen LogP contribution in [0.15, 0.2) is 78.0 Å². The fourth-order valence-corrected chi connectivity index (χ4v) is 5.52. The van der Waals surface area contributed by atoms with Crippen molar-refractivity contribution in [3.63, 3.8) is 0 Å². The second-order valence-electron chi connectivity index (χ2n) is 10.4. The molecule has 0 radical (unpaired) electrons. The standard InChI is InChI=1S/C31H28F5N7O3S/c1-4-20-7-5-6-18(2)26(20)43-25(44)16-47-29(43)38-28(45)40-39-19(3)21-8-10-22(11-9-21)27-37-17-42(41-27)23-12-14-24(15-13-23)46-31(35,36)30(32,33)34/h5-15,17,19,39H,4,16H2,1-3H3,(H,40,45). The lowest BCUT2D eigenvalue weighted by Gasteiger charge is -2.21. The van der Waals surface area contributed by atoms with Gasteiger partial charge >= 0.3 is 18.3 Å². The first-order chi connectivity index (χ1) is 22.3. The number of hydrogen-bond acceptors (Lipinski definition) is 7. The van der Waals surface area contributed by atoms with Crippen LogP contribution in [0, 0.1) is 6.92 Å². The highest BCUT2D eigenvalue weighted by molar-refractivity contribution is 8.15. The largest absolute Gasteiger partial charge is 0.499 e. The molecule has 1 saturated heterocycles. The van der Waals surface area contributed by atoms with E-state index < -0.39 is 24.1 Å². The van der Waals surface area contributed by atoms with Gasteiger partial charge in [0.05, 0.1) is 17.1 Å². The van der Waals surface area contributed by atoms with Crippen molar-refractivity contribution in [2.75, 3.05) is 10.7 Å². The highest BCUT2D eigenvalue weighted by Crippen LogP contribution is 2.37. The fourth-order valence-electron chi connectivity index (χ4n) is 4.67. The zero-order valence-electron chi connectivity index (χ0n) is 25.2. The van der Waals surface area contributed by atoms with Crippen molar-refractivity contribution in [1.29, 1.82) is 0 Å². The van der Waals surface area contributed by atoms with Gasteiger partial charge in [-0.3, -0.25) is 15.1 Å². The number of nitrogens with zero attached hydrogens (tertiary/aromatic N) is 5. The summed E-state index contributed by atoms with van der Waals surface area (Å²) in [5.74, 6) is -0.300. The van der Waals surface area contributed by atoms with Crippen LogP contribution < -0.4 is 20.5 Å². The molecule has 4 aromatic rings. The van der Waals surface area contributed by atoms with Crippen molar-refractivity contribution in [1.82, 2.24) is 25.6 Å². The van der Waals surface area contributed by atoms with Gasteiger partial charge in [0.15, 0.2) is 11.0 Å². The van der Waals surface area contributed by atoms with Crippen LogP contribution in [-0.2, 0) is 11.2 Å². The number of halogens is 5. The smallest absolute Gasteiger partial charge is 0.426 e. The number of urea groups is 1. The first-order valence-electron chi connectivity index (χ1n) is 14.2. The predicted molar refractivity (Wildman–Crippen MR) is 166 cm³/mol. The van der Waals surface area contributed by atoms with E-state index in [1.165, 1.54) is 39.8 Å². The minimum atomic E-state index is -5.85. The Balaban J connectivity index is 1.19. The van der Waals surface area contributed by atoms with Gasteiger partial charge in [0.1, 0.15) is 12.1 Å². The average molecular weight is 674 g/mol. The average Bonchev–Trinajstić information content (AvgIpc) is 3.66. The van der Waals surface area contributed by atoms with Gasteiger partial charge in [-0.2, -0.15) is 26.9 Å². The molecule has 1 aromatic heterocycles. The van der Waals surface area contributed by atoms with E-state index in [-0.39, 0.29) is 17.7 Å². The van der Waals surface area contributed by atoms with E-state index in [0.717, 1.165) is 34.5 Å². The van der Waals surface area contributed by atoms with Gasteiger partial charge in [-0.15, -0.1) is 5.10 Å². The third-order valence-corrected chi connectivity index (χ3v) is 8.05. The zero-order valence-corrected chi connectivity index (χ0v) is 26.0. The Morgan fingerprint density at radius 3 is 2.43 bits per heavy atom. The molecular weight excluding hydrogens is 645 g/mol. The molecule has 2 N–H and O–H groups in total. The second kappa shape index (κ2) is 13.5. The van der Waals surface area contributed by atoms with Crippen molar-refractivity contribution in [3.05, 3.63) is 89.7 Å². The number of carbonyl (C=O) groups excluding carboxylic acids is 2. The topological polar surface area (TPSA) is 114 Å². The third kappa shape index (κ3) is 7.44. The molecule has 0 aliphatic carbocycles. The highest BCUT2D eigenvalue weighted by Gasteiger charge is 2.61. The number of hydrazine groups is 1. The molecule has 0 saturated carbocycles. The summed E-state index contributed by atoms with van der Waals surface area (Å²) >= 11 is 1.20. The number of amidine groups is 1. The number of hydrogen-bond donors (Lipinski definition) is 2. The van der Waals surface area contributed by atoms with Gasteiger partial charge in [0.25, 0.3) is 0 Å². The molecule has 1 aliphatic heterocycles. The third-order valence-electron chi connectivity index (χ3n) is 7.12. The number of alkyl halides is 5. The first kappa shape index (κ1) is 33.5. The number of para-hydroxylation sites is 1. The lowest BCUT2D eigenvalue weighted by molar-refractivity contribution is -0.360. The Hall–Kier alpha value is -4.83. The molecule has 3 amide bonds. The van der Waals surface area contributed by atoms with E-state index in [4.69, 9.17) is 0 Å². The summed E-state index contributed by atoms with van der Waals surface area (Å²) < 4.78 is 68.7. The molecular formula is C31H28F5N7O3S. The van der Waals surface area contributed by atoms with Gasteiger partial charge < -0.3 is 4.74 Å². The Labute approximate surface area is 270 Å². The van der Waals surface area contributed by atoms with Gasteiger partial charge in [0, 0.05) is 11.6 Å². The van der Waals surface area contributed by atoms with Crippen LogP contribution in [0.25, 0.3) is 17.1 Å². The molecule has 10 nitrogen and oxygen atoms in total. The van der Waals surface area contributed by atoms with Crippen molar-refractivity contribution in [2.24, 2.45) is 4.99 Å². The van der Waals surface area contributed by atoms with Crippen LogP contribution in [0.4, 0.5) is 32.4 Å². The van der Waals surface area contributed by atoms with Gasteiger partial charge in [0.2, 0.25) is 5.91 Å². The van der Waals surface area contributed by atoms with Crippen molar-refractivity contribution >= 4 is 34.6 Å². The molecule has 3 aromatic carbocycles. The lowest BCUT2D eigenvalue weighted by atomic mass is 10.0. The van der Waals surface area contributed by atoms with Crippen LogP contribution in [0.3, 0.4) is 0 Å². The van der Waals surface area contributed by atoms with E-state index in [1.807, 2.05) is 39.0 Å². The van der Waals surface area contributed by atoms with Crippen molar-refractivity contribution in [2.45, 2.75) is 45.5 Å². The van der Waals surface area contributed by atoms with Gasteiger partial charge in [-0.1, -0.05) is 61.2 Å². The minimum Gasteiger partial charge on any atom is -0.426 e. The molecule has 16 heteroatoms. The molecule has 2 heterocycles. The van der Waals surface area contributed by atoms with Crippen molar-refractivity contribution in [3.8, 4) is 22.8 Å². The number of carbonyl (C=O) groups is 2. The molecule has 1 aliphatic rings. The molecule has 0 spiro atoms. The number of ether oxygens (including phenoxy) is 1. The summed E-state index contributed by atoms with van der Waals surface area (Å²) in [4.78, 5) is 35.3. The Morgan fingerprint density at radius 2 is 1.77 bits per heavy atom. The predicted octanol–water partition coefficient (Wildman–Crippen LogP) is 6.75. The number of aryl methyl sites for hydroxylation is 2. The maximum absolute atomic E-state index is 13.2. The second-order valence-corrected chi connectivity index (χ2v) is 11.3. The summed E-state index contributed by atoms with van der Waals surface area (Å²) in [7, 11) is 0. The quantitative estimate of drug-likeness (QED) is 0.149. The van der Waals surface area contributed by atoms with Crippen LogP contribution in [0.1, 0.15) is 36.6 Å². The summed E-state index contributed by atoms with van der Waals surface area (Å²) in [6, 6.07) is 16.4. The number of nitrogens with one attached hydrogen (secondary N) is 2. The Morgan fingerprint density at radius 1 is 1.06 bits per heavy atom. The SMILES string of the molecule is CCc1cccc(C)c1N1C(=O)CSC1=NC(=O)NNC(C)c1ccc(-c2ncn(-c3ccc(OC(F)(F)C(F)(F)F)cc3)n2)cc1. The molecule has 1 fully saturated rings. The molecule has 47 heavy (non-hydrogen) atoms. The summed E-state index contributed by atoms with van der Waals surface area (Å²) in [6.07, 6.45) is -9.09. The van der Waals surface area contributed by atoms with E-state index in [9.17, 15) is 31.5 Å². The first-order valence-corrected chi connectivity index (χ1v) is 15.2. The van der Waals surface area contributed by atoms with Gasteiger partial charge in [-0.05, 0) is 61.2 Å². The van der Waals surface area contributed by atoms with Gasteiger partial charge in [-0.25, -0.2) is 19.9 Å². The maximum Gasteiger partial charge on any atom is 0.499 e. The van der Waals surface area contributed by atoms with E-state index in [2.05, 4.69) is 30.7 Å². The number of aliphatic imine (C=N–C) groups is 1. The zero-order chi connectivity index (χ0) is 33.9. The normalized spacial score (nSPS) is 15.3. The number of amides is 3. The fraction of sp³-hybridized carbons (Fsp3) is 0.258. The maximum atomic E-state index is 13.2. The van der Waals surface area contributed by atoms with Crippen LogP contribution in [-0.4, -0.2) is 49.9 Å². The Kier molecular flexibility index (Phi) is 9.63. The number of benzene rings is 3. The number of anilines is 1. The highest BCUT2D eigenvalue weighted by atomic mass is 32.2. The lowest BCUT2D eigenvalue weighted by Crippen LogP contribution is -2.41. The van der Waals surface area contributed by atoms with Crippen LogP contribution in [0.2, 0.25) is 0 Å². The summed E-state index contributed by atoms with van der Waals surface area (Å²) in [6.45, 7) is 5.74. The number of thioether (sulfide) groups is 1. The van der Waals surface area contributed by atoms with E-state index in [0.29, 0.717) is 28.7 Å². The molecule has 246 valence electrons. The monoisotopic (exact) mass is 673 g/mol. The van der Waals surface area contributed by atoms with Crippen molar-refractivity contribution < 1.29 is 36.3 Å². The molecule has 1 atom stereocenters. The van der Waals surface area contributed by atoms with E-state index in [1.54, 1.807) is 24.3 Å². The Bertz CT molecular complexity index is 1790. The van der Waals surface area contributed by atoms with Crippen LogP contribution in [0.5, 0.6) is 5.75 Å². The minimum absolute atomic E-state index is 0.147. The summed E-state index contributed by atoms with van der Waals surface area (Å²) in [5, 5.41) is 4.65. The van der Waals surface area contributed by atoms with E-state index >= 15 is 0 Å². The molecule has 0 bridgehead atoms. The molecule has 1 unspecified atom stereocenters. The number of aromatic nitrogens is 3. The number of rotatable bonds is 9. The summed E-state index contributed by atoms with van der Waals surface area (Å²) in [5.41, 5.74) is 9.92.